The van der Waals surface area contributed by atoms with Crippen molar-refractivity contribution in [3.05, 3.63) is 59.7 Å². The van der Waals surface area contributed by atoms with Crippen LogP contribution in [0.15, 0.2) is 42.5 Å². The van der Waals surface area contributed by atoms with E-state index in [1.807, 2.05) is 6.92 Å². The van der Waals surface area contributed by atoms with E-state index in [9.17, 15) is 18.7 Å². The quantitative estimate of drug-likeness (QED) is 0.566. The van der Waals surface area contributed by atoms with Gasteiger partial charge in [0.05, 0.1) is 12.1 Å². The molecule has 1 heterocycles. The van der Waals surface area contributed by atoms with Crippen molar-refractivity contribution in [2.24, 2.45) is 0 Å². The highest BCUT2D eigenvalue weighted by Gasteiger charge is 2.23. The molecule has 3 N–H and O–H groups in total. The summed E-state index contributed by atoms with van der Waals surface area (Å²) >= 11 is 0. The van der Waals surface area contributed by atoms with E-state index in [0.29, 0.717) is 18.2 Å². The van der Waals surface area contributed by atoms with Crippen molar-refractivity contribution >= 4 is 16.8 Å². The second-order valence-electron chi connectivity index (χ2n) is 7.30. The zero-order valence-corrected chi connectivity index (χ0v) is 16.0. The maximum atomic E-state index is 13.8. The molecule has 1 amide bonds. The zero-order chi connectivity index (χ0) is 20.3. The first-order valence-electron chi connectivity index (χ1n) is 9.33. The van der Waals surface area contributed by atoms with Crippen LogP contribution in [0.4, 0.5) is 8.78 Å². The maximum absolute atomic E-state index is 13.8. The molecule has 0 aliphatic carbocycles. The Morgan fingerprint density at radius 2 is 1.82 bits per heavy atom. The first-order valence-corrected chi connectivity index (χ1v) is 9.33. The van der Waals surface area contributed by atoms with Crippen LogP contribution in [0.2, 0.25) is 0 Å². The van der Waals surface area contributed by atoms with Gasteiger partial charge in [-0.15, -0.1) is 0 Å². The van der Waals surface area contributed by atoms with Crippen LogP contribution in [-0.4, -0.2) is 28.1 Å². The number of aryl methyl sites for hydroxylation is 1. The minimum Gasteiger partial charge on any atom is -0.394 e. The lowest BCUT2D eigenvalue weighted by Gasteiger charge is -2.27. The number of amides is 1. The minimum atomic E-state index is -0.663. The monoisotopic (exact) mass is 386 g/mol. The Balaban J connectivity index is 1.92. The predicted octanol–water partition coefficient (Wildman–Crippen LogP) is 4.32. The van der Waals surface area contributed by atoms with Crippen molar-refractivity contribution in [1.82, 2.24) is 10.3 Å². The summed E-state index contributed by atoms with van der Waals surface area (Å²) < 4.78 is 27.1. The van der Waals surface area contributed by atoms with Gasteiger partial charge in [0, 0.05) is 23.0 Å². The van der Waals surface area contributed by atoms with E-state index in [4.69, 9.17) is 0 Å². The van der Waals surface area contributed by atoms with Crippen molar-refractivity contribution in [3.63, 3.8) is 0 Å². The number of benzene rings is 2. The third-order valence-electron chi connectivity index (χ3n) is 5.17. The molecule has 1 unspecified atom stereocenters. The van der Waals surface area contributed by atoms with Gasteiger partial charge in [0.1, 0.15) is 11.6 Å². The Labute approximate surface area is 162 Å². The number of carbonyl (C=O) groups excluding carboxylic acids is 1. The molecule has 0 saturated heterocycles. The third-order valence-corrected chi connectivity index (χ3v) is 5.17. The van der Waals surface area contributed by atoms with Gasteiger partial charge in [-0.3, -0.25) is 4.79 Å². The van der Waals surface area contributed by atoms with E-state index >= 15 is 0 Å². The Morgan fingerprint density at radius 1 is 1.14 bits per heavy atom. The number of nitrogens with one attached hydrogen (secondary N) is 2. The van der Waals surface area contributed by atoms with Crippen LogP contribution in [0, 0.1) is 11.6 Å². The summed E-state index contributed by atoms with van der Waals surface area (Å²) in [6, 6.07) is 10.5. The maximum Gasteiger partial charge on any atom is 0.220 e. The number of aliphatic hydroxyl groups is 1. The Morgan fingerprint density at radius 3 is 2.46 bits per heavy atom. The van der Waals surface area contributed by atoms with Crippen LogP contribution < -0.4 is 5.32 Å². The molecule has 0 bridgehead atoms. The summed E-state index contributed by atoms with van der Waals surface area (Å²) in [6.07, 6.45) is 1.18. The van der Waals surface area contributed by atoms with Crippen LogP contribution in [0.3, 0.4) is 0 Å². The normalized spacial score (nSPS) is 13.5. The Bertz CT molecular complexity index is 976. The molecule has 3 aromatic rings. The number of aromatic amines is 1. The molecule has 1 atom stereocenters. The topological polar surface area (TPSA) is 65.1 Å². The molecular weight excluding hydrogens is 362 g/mol. The van der Waals surface area contributed by atoms with Crippen molar-refractivity contribution in [2.45, 2.75) is 38.6 Å². The van der Waals surface area contributed by atoms with Gasteiger partial charge in [0.25, 0.3) is 0 Å². The SMILES string of the molecule is CCC(C)(CO)NC(=O)CCc1c(-c2ccc(F)cc2)[nH]c2ccc(F)cc12. The van der Waals surface area contributed by atoms with Gasteiger partial charge in [-0.1, -0.05) is 6.92 Å². The molecule has 0 saturated carbocycles. The van der Waals surface area contributed by atoms with Crippen molar-refractivity contribution in [1.29, 1.82) is 0 Å². The van der Waals surface area contributed by atoms with Crippen LogP contribution in [0.25, 0.3) is 22.2 Å². The molecule has 2 aromatic carbocycles. The van der Waals surface area contributed by atoms with E-state index in [1.165, 1.54) is 24.3 Å². The fourth-order valence-electron chi connectivity index (χ4n) is 3.22. The smallest absolute Gasteiger partial charge is 0.220 e. The van der Waals surface area contributed by atoms with E-state index in [1.54, 1.807) is 25.1 Å². The van der Waals surface area contributed by atoms with Gasteiger partial charge in [-0.2, -0.15) is 0 Å². The first kappa shape index (κ1) is 20.0. The Kier molecular flexibility index (Phi) is 5.79. The molecule has 0 aliphatic rings. The summed E-state index contributed by atoms with van der Waals surface area (Å²) in [5, 5.41) is 13.0. The van der Waals surface area contributed by atoms with E-state index in [0.717, 1.165) is 22.3 Å². The fraction of sp³-hybridized carbons (Fsp3) is 0.318. The molecule has 0 aliphatic heterocycles. The number of carbonyl (C=O) groups is 1. The van der Waals surface area contributed by atoms with Crippen LogP contribution >= 0.6 is 0 Å². The Hall–Kier alpha value is -2.73. The number of rotatable bonds is 7. The second-order valence-corrected chi connectivity index (χ2v) is 7.30. The molecule has 0 fully saturated rings. The average Bonchev–Trinajstić information content (AvgIpc) is 3.04. The third kappa shape index (κ3) is 4.22. The summed E-state index contributed by atoms with van der Waals surface area (Å²) in [7, 11) is 0. The van der Waals surface area contributed by atoms with Gasteiger partial charge in [-0.25, -0.2) is 8.78 Å². The van der Waals surface area contributed by atoms with Crippen LogP contribution in [0.5, 0.6) is 0 Å². The molecular formula is C22H24F2N2O2. The van der Waals surface area contributed by atoms with Gasteiger partial charge < -0.3 is 15.4 Å². The highest BCUT2D eigenvalue weighted by atomic mass is 19.1. The molecule has 1 aromatic heterocycles. The van der Waals surface area contributed by atoms with E-state index < -0.39 is 5.54 Å². The molecule has 28 heavy (non-hydrogen) atoms. The van der Waals surface area contributed by atoms with Gasteiger partial charge in [0.15, 0.2) is 0 Å². The number of H-pyrrole nitrogens is 1. The van der Waals surface area contributed by atoms with Crippen molar-refractivity contribution < 1.29 is 18.7 Å². The van der Waals surface area contributed by atoms with Gasteiger partial charge in [0.2, 0.25) is 5.91 Å². The summed E-state index contributed by atoms with van der Waals surface area (Å²) in [6.45, 7) is 3.54. The van der Waals surface area contributed by atoms with Crippen LogP contribution in [0.1, 0.15) is 32.3 Å². The number of hydrogen-bond acceptors (Lipinski definition) is 2. The van der Waals surface area contributed by atoms with Crippen molar-refractivity contribution in [2.75, 3.05) is 6.61 Å². The highest BCUT2D eigenvalue weighted by molar-refractivity contribution is 5.91. The molecule has 3 rings (SSSR count). The van der Waals surface area contributed by atoms with Gasteiger partial charge >= 0.3 is 0 Å². The van der Waals surface area contributed by atoms with E-state index in [-0.39, 0.29) is 30.6 Å². The predicted molar refractivity (Wildman–Crippen MR) is 106 cm³/mol. The summed E-state index contributed by atoms with van der Waals surface area (Å²) in [5.74, 6) is -0.884. The van der Waals surface area contributed by atoms with Crippen molar-refractivity contribution in [3.8, 4) is 11.3 Å². The second kappa shape index (κ2) is 8.10. The summed E-state index contributed by atoms with van der Waals surface area (Å²) in [5.41, 5.74) is 2.41. The largest absolute Gasteiger partial charge is 0.394 e. The lowest BCUT2D eigenvalue weighted by molar-refractivity contribution is -0.123. The lowest BCUT2D eigenvalue weighted by atomic mass is 9.98. The standard InChI is InChI=1S/C22H24F2N2O2/c1-3-22(2,13-27)26-20(28)11-9-17-18-12-16(24)8-10-19(18)25-21(17)14-4-6-15(23)7-5-14/h4-8,10,12,25,27H,3,9,11,13H2,1-2H3,(H,26,28). The number of halogens is 2. The minimum absolute atomic E-state index is 0.144. The van der Waals surface area contributed by atoms with Gasteiger partial charge in [-0.05, 0) is 73.4 Å². The number of aliphatic hydroxyl groups excluding tert-OH is 1. The number of aromatic nitrogens is 1. The highest BCUT2D eigenvalue weighted by Crippen LogP contribution is 2.32. The van der Waals surface area contributed by atoms with Crippen LogP contribution in [-0.2, 0) is 11.2 Å². The van der Waals surface area contributed by atoms with E-state index in [2.05, 4.69) is 10.3 Å². The molecule has 0 spiro atoms. The number of fused-ring (bicyclic) bond motifs is 1. The molecule has 0 radical (unpaired) electrons. The lowest BCUT2D eigenvalue weighted by Crippen LogP contribution is -2.48. The fourth-order valence-corrected chi connectivity index (χ4v) is 3.22. The molecule has 4 nitrogen and oxygen atoms in total. The average molecular weight is 386 g/mol. The molecule has 148 valence electrons. The number of hydrogen-bond donors (Lipinski definition) is 3. The first-order chi connectivity index (χ1) is 13.3. The summed E-state index contributed by atoms with van der Waals surface area (Å²) in [4.78, 5) is 15.7. The molecule has 6 heteroatoms. The zero-order valence-electron chi connectivity index (χ0n) is 16.0.